The lowest BCUT2D eigenvalue weighted by Crippen LogP contribution is -2.04. The van der Waals surface area contributed by atoms with Crippen LogP contribution in [0.25, 0.3) is 0 Å². The molecule has 8 nitrogen and oxygen atoms in total. The SMILES string of the molecule is CCOc1ccc(Nc2ncc(F)c(Nc3ccc(OCC)c(N)c3)n2)cc1N. The van der Waals surface area contributed by atoms with E-state index in [2.05, 4.69) is 20.6 Å². The zero-order valence-corrected chi connectivity index (χ0v) is 16.2. The summed E-state index contributed by atoms with van der Waals surface area (Å²) in [5.74, 6) is 0.765. The Morgan fingerprint density at radius 1 is 0.897 bits per heavy atom. The van der Waals surface area contributed by atoms with Crippen LogP contribution in [-0.4, -0.2) is 23.2 Å². The molecule has 1 aromatic heterocycles. The summed E-state index contributed by atoms with van der Waals surface area (Å²) in [6.45, 7) is 4.77. The summed E-state index contributed by atoms with van der Waals surface area (Å²) in [5, 5.41) is 5.89. The van der Waals surface area contributed by atoms with E-state index in [4.69, 9.17) is 20.9 Å². The first-order chi connectivity index (χ1) is 14.0. The van der Waals surface area contributed by atoms with Gasteiger partial charge in [-0.25, -0.2) is 9.37 Å². The Kier molecular flexibility index (Phi) is 6.18. The molecule has 0 saturated heterocycles. The molecule has 152 valence electrons. The highest BCUT2D eigenvalue weighted by Crippen LogP contribution is 2.29. The van der Waals surface area contributed by atoms with Crippen LogP contribution in [0.3, 0.4) is 0 Å². The van der Waals surface area contributed by atoms with Gasteiger partial charge in [0.2, 0.25) is 5.95 Å². The Morgan fingerprint density at radius 2 is 1.45 bits per heavy atom. The van der Waals surface area contributed by atoms with Gasteiger partial charge in [-0.15, -0.1) is 0 Å². The van der Waals surface area contributed by atoms with Crippen molar-refractivity contribution in [3.05, 3.63) is 48.4 Å². The molecule has 0 fully saturated rings. The van der Waals surface area contributed by atoms with Crippen molar-refractivity contribution in [3.63, 3.8) is 0 Å². The molecule has 0 aliphatic rings. The normalized spacial score (nSPS) is 10.4. The fourth-order valence-electron chi connectivity index (χ4n) is 2.61. The van der Waals surface area contributed by atoms with E-state index in [1.165, 1.54) is 0 Å². The predicted octanol–water partition coefficient (Wildman–Crippen LogP) is 4.06. The first kappa shape index (κ1) is 20.0. The van der Waals surface area contributed by atoms with E-state index in [0.717, 1.165) is 6.20 Å². The van der Waals surface area contributed by atoms with E-state index in [1.807, 2.05) is 13.8 Å². The van der Waals surface area contributed by atoms with Gasteiger partial charge >= 0.3 is 0 Å². The van der Waals surface area contributed by atoms with Crippen molar-refractivity contribution in [3.8, 4) is 11.5 Å². The number of hydrogen-bond donors (Lipinski definition) is 4. The highest BCUT2D eigenvalue weighted by molar-refractivity contribution is 5.68. The summed E-state index contributed by atoms with van der Waals surface area (Å²) in [4.78, 5) is 8.15. The van der Waals surface area contributed by atoms with Crippen LogP contribution in [0.15, 0.2) is 42.6 Å². The number of nitrogens with one attached hydrogen (secondary N) is 2. The molecule has 29 heavy (non-hydrogen) atoms. The topological polar surface area (TPSA) is 120 Å². The predicted molar refractivity (Wildman–Crippen MR) is 113 cm³/mol. The van der Waals surface area contributed by atoms with Crippen molar-refractivity contribution in [1.82, 2.24) is 9.97 Å². The summed E-state index contributed by atoms with van der Waals surface area (Å²) in [5.41, 5.74) is 14.0. The number of aromatic nitrogens is 2. The smallest absolute Gasteiger partial charge is 0.229 e. The third-order valence-electron chi connectivity index (χ3n) is 3.88. The largest absolute Gasteiger partial charge is 0.492 e. The Balaban J connectivity index is 1.78. The lowest BCUT2D eigenvalue weighted by molar-refractivity contribution is 0.342. The fraction of sp³-hybridized carbons (Fsp3) is 0.200. The third kappa shape index (κ3) is 4.95. The van der Waals surface area contributed by atoms with Gasteiger partial charge in [-0.2, -0.15) is 4.98 Å². The lowest BCUT2D eigenvalue weighted by Gasteiger charge is -2.12. The van der Waals surface area contributed by atoms with Gasteiger partial charge in [0.1, 0.15) is 11.5 Å². The molecule has 0 spiro atoms. The number of hydrogen-bond acceptors (Lipinski definition) is 8. The molecule has 2 aromatic carbocycles. The van der Waals surface area contributed by atoms with E-state index < -0.39 is 5.82 Å². The summed E-state index contributed by atoms with van der Waals surface area (Å²) in [7, 11) is 0. The van der Waals surface area contributed by atoms with Gasteiger partial charge in [0.25, 0.3) is 0 Å². The molecule has 0 aliphatic carbocycles. The molecule has 0 radical (unpaired) electrons. The number of ether oxygens (including phenoxy) is 2. The Hall–Kier alpha value is -3.75. The average Bonchev–Trinajstić information content (AvgIpc) is 2.69. The van der Waals surface area contributed by atoms with Gasteiger partial charge in [-0.1, -0.05) is 0 Å². The molecule has 3 aromatic rings. The maximum absolute atomic E-state index is 14.2. The Bertz CT molecular complexity index is 999. The quantitative estimate of drug-likeness (QED) is 0.419. The molecular weight excluding hydrogens is 375 g/mol. The molecule has 0 bridgehead atoms. The third-order valence-corrected chi connectivity index (χ3v) is 3.88. The molecular formula is C20H23FN6O2. The molecule has 0 unspecified atom stereocenters. The molecule has 1 heterocycles. The van der Waals surface area contributed by atoms with Crippen molar-refractivity contribution in [1.29, 1.82) is 0 Å². The van der Waals surface area contributed by atoms with Crippen molar-refractivity contribution in [2.24, 2.45) is 0 Å². The summed E-state index contributed by atoms with van der Waals surface area (Å²) in [6.07, 6.45) is 1.08. The maximum atomic E-state index is 14.2. The number of nitrogen functional groups attached to an aromatic ring is 2. The van der Waals surface area contributed by atoms with E-state index in [1.54, 1.807) is 36.4 Å². The van der Waals surface area contributed by atoms with Crippen LogP contribution in [0.2, 0.25) is 0 Å². The second kappa shape index (κ2) is 8.96. The molecule has 0 atom stereocenters. The van der Waals surface area contributed by atoms with Crippen LogP contribution in [0.1, 0.15) is 13.8 Å². The molecule has 9 heteroatoms. The number of rotatable bonds is 8. The second-order valence-corrected chi connectivity index (χ2v) is 6.01. The Morgan fingerprint density at radius 3 is 1.97 bits per heavy atom. The lowest BCUT2D eigenvalue weighted by atomic mass is 10.2. The van der Waals surface area contributed by atoms with Crippen molar-refractivity contribution < 1.29 is 13.9 Å². The van der Waals surface area contributed by atoms with E-state index >= 15 is 0 Å². The van der Waals surface area contributed by atoms with Crippen LogP contribution in [0.4, 0.5) is 38.9 Å². The first-order valence-electron chi connectivity index (χ1n) is 9.11. The Labute approximate surface area is 168 Å². The molecule has 0 aliphatic heterocycles. The average molecular weight is 398 g/mol. The van der Waals surface area contributed by atoms with Gasteiger partial charge in [0.15, 0.2) is 11.6 Å². The minimum atomic E-state index is -0.603. The number of nitrogens with zero attached hydrogens (tertiary/aromatic N) is 2. The monoisotopic (exact) mass is 398 g/mol. The van der Waals surface area contributed by atoms with Crippen molar-refractivity contribution >= 4 is 34.5 Å². The van der Waals surface area contributed by atoms with Gasteiger partial charge in [0, 0.05) is 11.4 Å². The van der Waals surface area contributed by atoms with Gasteiger partial charge in [-0.05, 0) is 50.2 Å². The van der Waals surface area contributed by atoms with Crippen LogP contribution in [-0.2, 0) is 0 Å². The highest BCUT2D eigenvalue weighted by atomic mass is 19.1. The highest BCUT2D eigenvalue weighted by Gasteiger charge is 2.10. The zero-order valence-electron chi connectivity index (χ0n) is 16.2. The minimum Gasteiger partial charge on any atom is -0.492 e. The zero-order chi connectivity index (χ0) is 20.8. The van der Waals surface area contributed by atoms with Gasteiger partial charge in [0.05, 0.1) is 30.8 Å². The van der Waals surface area contributed by atoms with Gasteiger partial charge in [-0.3, -0.25) is 0 Å². The number of nitrogens with two attached hydrogens (primary N) is 2. The van der Waals surface area contributed by atoms with Crippen LogP contribution >= 0.6 is 0 Å². The van der Waals surface area contributed by atoms with E-state index in [0.29, 0.717) is 47.5 Å². The standard InChI is InChI=1S/C20H23FN6O2/c1-3-28-17-7-5-12(9-15(17)22)25-19-14(21)11-24-20(27-19)26-13-6-8-18(29-4-2)16(23)10-13/h5-11H,3-4,22-23H2,1-2H3,(H2,24,25,26,27). The molecule has 0 saturated carbocycles. The van der Waals surface area contributed by atoms with Crippen LogP contribution in [0.5, 0.6) is 11.5 Å². The molecule has 0 amide bonds. The summed E-state index contributed by atoms with van der Waals surface area (Å²) < 4.78 is 25.0. The van der Waals surface area contributed by atoms with E-state index in [9.17, 15) is 4.39 Å². The first-order valence-corrected chi connectivity index (χ1v) is 9.11. The fourth-order valence-corrected chi connectivity index (χ4v) is 2.61. The van der Waals surface area contributed by atoms with Crippen molar-refractivity contribution in [2.75, 3.05) is 35.3 Å². The summed E-state index contributed by atoms with van der Waals surface area (Å²) in [6, 6.07) is 10.3. The van der Waals surface area contributed by atoms with Crippen LogP contribution in [0, 0.1) is 5.82 Å². The van der Waals surface area contributed by atoms with E-state index in [-0.39, 0.29) is 11.8 Å². The van der Waals surface area contributed by atoms with Crippen molar-refractivity contribution in [2.45, 2.75) is 13.8 Å². The minimum absolute atomic E-state index is 0.00460. The second-order valence-electron chi connectivity index (χ2n) is 6.01. The number of halogens is 1. The molecule has 6 N–H and O–H groups in total. The molecule has 3 rings (SSSR count). The number of benzene rings is 2. The maximum Gasteiger partial charge on any atom is 0.229 e. The summed E-state index contributed by atoms with van der Waals surface area (Å²) >= 11 is 0. The van der Waals surface area contributed by atoms with Gasteiger partial charge < -0.3 is 31.6 Å². The van der Waals surface area contributed by atoms with Crippen LogP contribution < -0.4 is 31.6 Å². The number of anilines is 6.